The van der Waals surface area contributed by atoms with Gasteiger partial charge in [0, 0.05) is 5.69 Å². The third-order valence-corrected chi connectivity index (χ3v) is 2.97. The van der Waals surface area contributed by atoms with Gasteiger partial charge in [0.2, 0.25) is 0 Å². The van der Waals surface area contributed by atoms with Crippen LogP contribution in [0.1, 0.15) is 18.2 Å². The highest BCUT2D eigenvalue weighted by Gasteiger charge is 2.01. The van der Waals surface area contributed by atoms with Crippen molar-refractivity contribution in [3.05, 3.63) is 60.1 Å². The first-order valence-corrected chi connectivity index (χ1v) is 6.99. The van der Waals surface area contributed by atoms with Crippen molar-refractivity contribution in [3.8, 4) is 0 Å². The molecule has 0 unspecified atom stereocenters. The van der Waals surface area contributed by atoms with Gasteiger partial charge in [0.15, 0.2) is 0 Å². The molecule has 1 aromatic carbocycles. The highest BCUT2D eigenvalue weighted by atomic mass is 16.3. The molecule has 5 nitrogen and oxygen atoms in total. The Morgan fingerprint density at radius 3 is 2.82 bits per heavy atom. The average Bonchev–Trinajstić information content (AvgIpc) is 3.03. The Hall–Kier alpha value is -2.82. The number of hydrogen-bond donors (Lipinski definition) is 2. The molecule has 2 rings (SSSR count). The van der Waals surface area contributed by atoms with Crippen LogP contribution in [-0.2, 0) is 4.79 Å². The van der Waals surface area contributed by atoms with Gasteiger partial charge in [-0.2, -0.15) is 5.10 Å². The summed E-state index contributed by atoms with van der Waals surface area (Å²) >= 11 is 0. The van der Waals surface area contributed by atoms with E-state index in [1.54, 1.807) is 25.3 Å². The number of nitrogens with zero attached hydrogens (tertiary/aromatic N) is 1. The molecule has 22 heavy (non-hydrogen) atoms. The van der Waals surface area contributed by atoms with E-state index in [1.807, 2.05) is 43.3 Å². The summed E-state index contributed by atoms with van der Waals surface area (Å²) in [7, 11) is 0. The molecule has 0 aliphatic heterocycles. The smallest absolute Gasteiger partial charge is 0.259 e. The van der Waals surface area contributed by atoms with E-state index in [-0.39, 0.29) is 12.5 Å². The van der Waals surface area contributed by atoms with E-state index in [0.717, 1.165) is 17.0 Å². The lowest BCUT2D eigenvalue weighted by Crippen LogP contribution is -2.26. The summed E-state index contributed by atoms with van der Waals surface area (Å²) < 4.78 is 5.17. The maximum absolute atomic E-state index is 11.7. The minimum absolute atomic E-state index is 0.170. The summed E-state index contributed by atoms with van der Waals surface area (Å²) in [4.78, 5) is 11.7. The number of hydrazone groups is 1. The number of anilines is 1. The Morgan fingerprint density at radius 2 is 2.09 bits per heavy atom. The number of hydrogen-bond acceptors (Lipinski definition) is 4. The quantitative estimate of drug-likeness (QED) is 0.635. The molecule has 0 atom stereocenters. The van der Waals surface area contributed by atoms with Crippen LogP contribution >= 0.6 is 0 Å². The summed E-state index contributed by atoms with van der Waals surface area (Å²) in [6, 6.07) is 11.5. The van der Waals surface area contributed by atoms with Crippen molar-refractivity contribution >= 4 is 23.4 Å². The lowest BCUT2D eigenvalue weighted by atomic mass is 10.2. The van der Waals surface area contributed by atoms with Crippen molar-refractivity contribution in [1.82, 2.24) is 5.43 Å². The maximum Gasteiger partial charge on any atom is 0.259 e. The Balaban J connectivity index is 1.79. The predicted octanol–water partition coefficient (Wildman–Crippen LogP) is 3.21. The van der Waals surface area contributed by atoms with E-state index in [4.69, 9.17) is 4.42 Å². The zero-order chi connectivity index (χ0) is 15.8. The molecule has 0 bridgehead atoms. The fourth-order valence-corrected chi connectivity index (χ4v) is 1.76. The lowest BCUT2D eigenvalue weighted by Gasteiger charge is -2.08. The summed E-state index contributed by atoms with van der Waals surface area (Å²) in [6.07, 6.45) is 5.16. The Morgan fingerprint density at radius 1 is 1.27 bits per heavy atom. The number of carbonyl (C=O) groups is 1. The minimum Gasteiger partial charge on any atom is -0.465 e. The van der Waals surface area contributed by atoms with Crippen molar-refractivity contribution in [2.45, 2.75) is 13.8 Å². The van der Waals surface area contributed by atoms with Crippen molar-refractivity contribution in [1.29, 1.82) is 0 Å². The van der Waals surface area contributed by atoms with Crippen LogP contribution in [0.2, 0.25) is 0 Å². The Bertz CT molecular complexity index is 673. The Labute approximate surface area is 129 Å². The fraction of sp³-hybridized carbons (Fsp3) is 0.176. The van der Waals surface area contributed by atoms with Gasteiger partial charge in [0.1, 0.15) is 5.76 Å². The largest absolute Gasteiger partial charge is 0.465 e. The van der Waals surface area contributed by atoms with Crippen molar-refractivity contribution < 1.29 is 9.21 Å². The number of aryl methyl sites for hydroxylation is 1. The second-order valence-corrected chi connectivity index (χ2v) is 4.81. The number of rotatable bonds is 6. The number of benzene rings is 1. The number of nitrogens with one attached hydrogen (secondary N) is 2. The molecule has 0 fully saturated rings. The molecule has 0 radical (unpaired) electrons. The molecular formula is C17H19N3O2. The normalized spacial score (nSPS) is 11.6. The van der Waals surface area contributed by atoms with Gasteiger partial charge in [-0.05, 0) is 49.8 Å². The molecule has 114 valence electrons. The van der Waals surface area contributed by atoms with Crippen LogP contribution in [0.15, 0.2) is 58.3 Å². The predicted molar refractivity (Wildman–Crippen MR) is 88.7 cm³/mol. The van der Waals surface area contributed by atoms with Crippen LogP contribution in [0, 0.1) is 6.92 Å². The number of furan rings is 1. The van der Waals surface area contributed by atoms with Crippen LogP contribution in [-0.4, -0.2) is 18.2 Å². The fourth-order valence-electron chi connectivity index (χ4n) is 1.76. The topological polar surface area (TPSA) is 66.6 Å². The molecule has 2 aromatic rings. The van der Waals surface area contributed by atoms with E-state index in [9.17, 15) is 4.79 Å². The second kappa shape index (κ2) is 7.83. The van der Waals surface area contributed by atoms with Crippen LogP contribution in [0.5, 0.6) is 0 Å². The first-order chi connectivity index (χ1) is 10.6. The van der Waals surface area contributed by atoms with Crippen LogP contribution in [0.4, 0.5) is 5.69 Å². The number of amides is 1. The zero-order valence-electron chi connectivity index (χ0n) is 12.7. The summed E-state index contributed by atoms with van der Waals surface area (Å²) in [5, 5.41) is 7.08. The first-order valence-electron chi connectivity index (χ1n) is 6.99. The third kappa shape index (κ3) is 4.94. The van der Waals surface area contributed by atoms with E-state index in [2.05, 4.69) is 15.8 Å². The summed E-state index contributed by atoms with van der Waals surface area (Å²) in [5.41, 5.74) is 5.22. The average molecular weight is 297 g/mol. The van der Waals surface area contributed by atoms with Gasteiger partial charge < -0.3 is 9.73 Å². The molecule has 1 heterocycles. The monoisotopic (exact) mass is 297 g/mol. The molecular weight excluding hydrogens is 278 g/mol. The number of para-hydroxylation sites is 1. The van der Waals surface area contributed by atoms with Crippen LogP contribution in [0.25, 0.3) is 6.08 Å². The standard InChI is InChI=1S/C17H19N3O2/c1-13-6-3-4-8-16(13)18-12-17(21)20-19-14(2)9-10-15-7-5-11-22-15/h3-11,18H,12H2,1-2H3,(H,20,21)/b10-9+,19-14+. The van der Waals surface area contributed by atoms with Crippen molar-refractivity contribution in [2.24, 2.45) is 5.10 Å². The van der Waals surface area contributed by atoms with Crippen LogP contribution < -0.4 is 10.7 Å². The van der Waals surface area contributed by atoms with E-state index >= 15 is 0 Å². The zero-order valence-corrected chi connectivity index (χ0v) is 12.7. The molecule has 0 aliphatic carbocycles. The lowest BCUT2D eigenvalue weighted by molar-refractivity contribution is -0.119. The Kier molecular flexibility index (Phi) is 5.54. The van der Waals surface area contributed by atoms with Crippen LogP contribution in [0.3, 0.4) is 0 Å². The van der Waals surface area contributed by atoms with Gasteiger partial charge >= 0.3 is 0 Å². The van der Waals surface area contributed by atoms with Crippen molar-refractivity contribution in [3.63, 3.8) is 0 Å². The van der Waals surface area contributed by atoms with Gasteiger partial charge in [-0.3, -0.25) is 4.79 Å². The summed E-state index contributed by atoms with van der Waals surface area (Å²) in [6.45, 7) is 3.96. The molecule has 0 aliphatic rings. The van der Waals surface area contributed by atoms with E-state index in [1.165, 1.54) is 0 Å². The van der Waals surface area contributed by atoms with Crippen molar-refractivity contribution in [2.75, 3.05) is 11.9 Å². The highest BCUT2D eigenvalue weighted by Crippen LogP contribution is 2.12. The minimum atomic E-state index is -0.200. The molecule has 0 saturated heterocycles. The number of carbonyl (C=O) groups excluding carboxylic acids is 1. The maximum atomic E-state index is 11.7. The van der Waals surface area contributed by atoms with Gasteiger partial charge in [-0.1, -0.05) is 18.2 Å². The summed E-state index contributed by atoms with van der Waals surface area (Å²) in [5.74, 6) is 0.538. The molecule has 1 amide bonds. The van der Waals surface area contributed by atoms with E-state index in [0.29, 0.717) is 5.71 Å². The molecule has 0 spiro atoms. The molecule has 2 N–H and O–H groups in total. The molecule has 1 aromatic heterocycles. The SMILES string of the molecule is CC(/C=C/c1ccco1)=N\NC(=O)CNc1ccccc1C. The second-order valence-electron chi connectivity index (χ2n) is 4.81. The molecule has 5 heteroatoms. The van der Waals surface area contributed by atoms with Gasteiger partial charge in [0.05, 0.1) is 18.5 Å². The third-order valence-electron chi connectivity index (χ3n) is 2.97. The van der Waals surface area contributed by atoms with E-state index < -0.39 is 0 Å². The van der Waals surface area contributed by atoms with Gasteiger partial charge in [0.25, 0.3) is 5.91 Å². The number of allylic oxidation sites excluding steroid dienone is 1. The molecule has 0 saturated carbocycles. The van der Waals surface area contributed by atoms with Gasteiger partial charge in [-0.25, -0.2) is 5.43 Å². The highest BCUT2D eigenvalue weighted by molar-refractivity contribution is 5.96. The first kappa shape index (κ1) is 15.6. The van der Waals surface area contributed by atoms with Gasteiger partial charge in [-0.15, -0.1) is 0 Å².